The van der Waals surface area contributed by atoms with Gasteiger partial charge in [-0.15, -0.1) is 0 Å². The Kier molecular flexibility index (Phi) is 7.38. The summed E-state index contributed by atoms with van der Waals surface area (Å²) in [5, 5.41) is 7.92. The van der Waals surface area contributed by atoms with Crippen LogP contribution in [0.4, 0.5) is 5.69 Å². The van der Waals surface area contributed by atoms with Crippen molar-refractivity contribution in [3.05, 3.63) is 71.8 Å². The average molecular weight is 409 g/mol. The molecule has 158 valence electrons. The third kappa shape index (κ3) is 6.02. The van der Waals surface area contributed by atoms with Crippen molar-refractivity contribution < 1.29 is 20.6 Å². The Labute approximate surface area is 177 Å². The first-order valence-corrected chi connectivity index (χ1v) is 10.6. The van der Waals surface area contributed by atoms with Crippen LogP contribution in [-0.2, 0) is 4.79 Å². The number of nitrogens with two attached hydrogens (primary N) is 1. The highest BCUT2D eigenvalue weighted by atomic mass is 16.2. The minimum absolute atomic E-state index is 0.0187. The van der Waals surface area contributed by atoms with Crippen molar-refractivity contribution in [2.75, 3.05) is 6.54 Å². The first-order chi connectivity index (χ1) is 14.5. The second kappa shape index (κ2) is 10.2. The molecule has 0 saturated heterocycles. The van der Waals surface area contributed by atoms with Crippen LogP contribution >= 0.6 is 0 Å². The molecule has 0 bridgehead atoms. The van der Waals surface area contributed by atoms with E-state index in [-0.39, 0.29) is 17.9 Å². The van der Waals surface area contributed by atoms with Gasteiger partial charge in [0.25, 0.3) is 11.8 Å². The fourth-order valence-corrected chi connectivity index (χ4v) is 3.31. The Morgan fingerprint density at radius 1 is 1.10 bits per heavy atom. The maximum absolute atomic E-state index is 12.7. The second-order valence-corrected chi connectivity index (χ2v) is 7.83. The molecule has 1 fully saturated rings. The molecule has 2 aromatic carbocycles. The van der Waals surface area contributed by atoms with E-state index >= 15 is 0 Å². The molecule has 3 rings (SSSR count). The highest BCUT2D eigenvalue weighted by Gasteiger charge is 2.34. The van der Waals surface area contributed by atoms with E-state index < -0.39 is 6.04 Å². The summed E-state index contributed by atoms with van der Waals surface area (Å²) in [5.41, 5.74) is 7.98. The third-order valence-corrected chi connectivity index (χ3v) is 5.29. The van der Waals surface area contributed by atoms with Crippen LogP contribution in [0.2, 0.25) is 0 Å². The minimum Gasteiger partial charge on any atom is -0.352 e. The first kappa shape index (κ1) is 21.7. The van der Waals surface area contributed by atoms with Gasteiger partial charge in [-0.25, -0.2) is 0 Å². The molecule has 0 aliphatic heterocycles. The highest BCUT2D eigenvalue weighted by molar-refractivity contribution is 5.94. The normalized spacial score (nSPS) is 15.9. The smallest absolute Gasteiger partial charge is 0.285 e. The van der Waals surface area contributed by atoms with Gasteiger partial charge in [0.1, 0.15) is 5.69 Å². The van der Waals surface area contributed by atoms with Crippen molar-refractivity contribution in [3.8, 4) is 0 Å². The summed E-state index contributed by atoms with van der Waals surface area (Å²) in [6.07, 6.45) is 4.21. The van der Waals surface area contributed by atoms with Crippen LogP contribution in [0.25, 0.3) is 5.57 Å². The summed E-state index contributed by atoms with van der Waals surface area (Å²) in [7, 11) is 0. The fourth-order valence-electron chi connectivity index (χ4n) is 3.31. The molecule has 0 aromatic heterocycles. The summed E-state index contributed by atoms with van der Waals surface area (Å²) < 4.78 is 0. The number of hydrogen-bond donors (Lipinski definition) is 4. The summed E-state index contributed by atoms with van der Waals surface area (Å²) in [5.74, 6) is -0.103. The van der Waals surface area contributed by atoms with Gasteiger partial charge in [0, 0.05) is 18.2 Å². The first-order valence-electron chi connectivity index (χ1n) is 10.6. The van der Waals surface area contributed by atoms with Gasteiger partial charge in [-0.05, 0) is 68.2 Å². The molecule has 2 atom stereocenters. The predicted molar refractivity (Wildman–Crippen MR) is 118 cm³/mol. The summed E-state index contributed by atoms with van der Waals surface area (Å²) in [6.45, 7) is 4.55. The van der Waals surface area contributed by atoms with Gasteiger partial charge in [0.05, 0.1) is 0 Å². The van der Waals surface area contributed by atoms with Gasteiger partial charge in [0.2, 0.25) is 6.04 Å². The molecule has 7 N–H and O–H groups in total. The van der Waals surface area contributed by atoms with Crippen LogP contribution in [0.5, 0.6) is 0 Å². The number of rotatable bonds is 9. The molecule has 2 aromatic rings. The molecule has 1 aliphatic carbocycles. The fraction of sp³-hybridized carbons (Fsp3) is 0.333. The molecular formula is C24H32N4O2+2. The van der Waals surface area contributed by atoms with E-state index in [0.717, 1.165) is 29.7 Å². The maximum atomic E-state index is 12.7. The Balaban J connectivity index is 1.79. The zero-order valence-electron chi connectivity index (χ0n) is 17.7. The maximum Gasteiger partial charge on any atom is 0.285 e. The van der Waals surface area contributed by atoms with E-state index in [4.69, 9.17) is 0 Å². The van der Waals surface area contributed by atoms with Crippen LogP contribution in [0, 0.1) is 0 Å². The van der Waals surface area contributed by atoms with Gasteiger partial charge in [-0.1, -0.05) is 30.3 Å². The van der Waals surface area contributed by atoms with Crippen molar-refractivity contribution in [1.29, 1.82) is 0 Å². The topological polar surface area (TPSA) is 102 Å². The molecule has 1 aliphatic rings. The van der Waals surface area contributed by atoms with Crippen molar-refractivity contribution in [2.45, 2.75) is 44.8 Å². The molecule has 2 unspecified atom stereocenters. The summed E-state index contributed by atoms with van der Waals surface area (Å²) in [4.78, 5) is 24.7. The van der Waals surface area contributed by atoms with Crippen molar-refractivity contribution in [2.24, 2.45) is 0 Å². The predicted octanol–water partition coefficient (Wildman–Crippen LogP) is 0.992. The SMILES string of the molecule is CCNC(=O)c1ccc([NH2+]C(/C=C(\C)c2ccccc2)C([NH3+])C(=O)NC2CC2)cc1. The highest BCUT2D eigenvalue weighted by Crippen LogP contribution is 2.19. The number of amides is 2. The number of nitrogens with one attached hydrogen (secondary N) is 2. The Bertz CT molecular complexity index is 889. The molecule has 1 saturated carbocycles. The number of allylic oxidation sites excluding steroid dienone is 1. The number of carbonyl (C=O) groups excluding carboxylic acids is 2. The Hall–Kier alpha value is -2.96. The van der Waals surface area contributed by atoms with Crippen molar-refractivity contribution in [1.82, 2.24) is 10.6 Å². The lowest BCUT2D eigenvalue weighted by atomic mass is 10.00. The van der Waals surface area contributed by atoms with E-state index in [1.807, 2.05) is 49.4 Å². The summed E-state index contributed by atoms with van der Waals surface area (Å²) >= 11 is 0. The molecule has 0 spiro atoms. The lowest BCUT2D eigenvalue weighted by molar-refractivity contribution is -0.633. The summed E-state index contributed by atoms with van der Waals surface area (Å²) in [6, 6.07) is 17.3. The lowest BCUT2D eigenvalue weighted by Crippen LogP contribution is -2.94. The zero-order valence-corrected chi connectivity index (χ0v) is 17.7. The molecule has 6 heteroatoms. The van der Waals surface area contributed by atoms with Gasteiger partial charge >= 0.3 is 0 Å². The van der Waals surface area contributed by atoms with Gasteiger partial charge in [-0.2, -0.15) is 0 Å². The standard InChI is InChI=1S/C24H30N4O2/c1-3-26-23(29)18-9-11-19(12-10-18)27-21(22(25)24(30)28-20-13-14-20)15-16(2)17-7-5-4-6-8-17/h4-12,15,20-22,27H,3,13-14,25H2,1-2H3,(H,26,29)(H,28,30)/p+2/b16-15+. The number of quaternary nitrogens is 2. The van der Waals surface area contributed by atoms with Gasteiger partial charge in [-0.3, -0.25) is 9.59 Å². The van der Waals surface area contributed by atoms with Gasteiger partial charge < -0.3 is 21.7 Å². The monoisotopic (exact) mass is 408 g/mol. The van der Waals surface area contributed by atoms with Crippen LogP contribution < -0.4 is 21.7 Å². The number of benzene rings is 2. The minimum atomic E-state index is -0.438. The molecule has 30 heavy (non-hydrogen) atoms. The Morgan fingerprint density at radius 3 is 2.37 bits per heavy atom. The largest absolute Gasteiger partial charge is 0.352 e. The van der Waals surface area contributed by atoms with Crippen molar-refractivity contribution >= 4 is 23.1 Å². The van der Waals surface area contributed by atoms with E-state index in [2.05, 4.69) is 46.8 Å². The van der Waals surface area contributed by atoms with Crippen LogP contribution in [0.1, 0.15) is 42.6 Å². The number of carbonyl (C=O) groups is 2. The Morgan fingerprint density at radius 2 is 1.77 bits per heavy atom. The zero-order chi connectivity index (χ0) is 21.5. The van der Waals surface area contributed by atoms with E-state index in [9.17, 15) is 9.59 Å². The quantitative estimate of drug-likeness (QED) is 0.465. The van der Waals surface area contributed by atoms with Crippen LogP contribution in [0.3, 0.4) is 0 Å². The third-order valence-electron chi connectivity index (χ3n) is 5.29. The number of hydrogen-bond acceptors (Lipinski definition) is 2. The molecular weight excluding hydrogens is 376 g/mol. The molecule has 6 nitrogen and oxygen atoms in total. The molecule has 2 amide bonds. The van der Waals surface area contributed by atoms with Gasteiger partial charge in [0.15, 0.2) is 6.04 Å². The van der Waals surface area contributed by atoms with E-state index in [1.165, 1.54) is 0 Å². The second-order valence-electron chi connectivity index (χ2n) is 7.83. The van der Waals surface area contributed by atoms with E-state index in [1.54, 1.807) is 0 Å². The van der Waals surface area contributed by atoms with E-state index in [0.29, 0.717) is 18.2 Å². The molecule has 0 radical (unpaired) electrons. The average Bonchev–Trinajstić information content (AvgIpc) is 3.58. The van der Waals surface area contributed by atoms with Crippen LogP contribution in [-0.4, -0.2) is 36.5 Å². The van der Waals surface area contributed by atoms with Crippen molar-refractivity contribution in [3.63, 3.8) is 0 Å². The van der Waals surface area contributed by atoms with Crippen LogP contribution in [0.15, 0.2) is 60.7 Å². The molecule has 0 heterocycles. The lowest BCUT2D eigenvalue weighted by Gasteiger charge is -2.17.